The molecule has 6 nitrogen and oxygen atoms in total. The number of benzene rings is 1. The normalized spacial score (nSPS) is 18.6. The predicted octanol–water partition coefficient (Wildman–Crippen LogP) is 0.969. The lowest BCUT2D eigenvalue weighted by atomic mass is 10.2. The molecule has 2 rings (SSSR count). The summed E-state index contributed by atoms with van der Waals surface area (Å²) in [6, 6.07) is 3.29. The minimum atomic E-state index is -3.05. The average molecular weight is 274 g/mol. The standard InChI is InChI=1S/C10H11FN2O4S/c11-8-1-2-9(10(7-8)13(14)15)12-3-5-18(16,17)6-4-12/h1-2,7H,3-6H2. The molecule has 98 valence electrons. The second-order valence-electron chi connectivity index (χ2n) is 4.03. The molecular formula is C10H11FN2O4S. The maximum atomic E-state index is 13.0. The Hall–Kier alpha value is -1.70. The van der Waals surface area contributed by atoms with Crippen molar-refractivity contribution in [2.75, 3.05) is 29.5 Å². The van der Waals surface area contributed by atoms with Crippen molar-refractivity contribution in [3.05, 3.63) is 34.1 Å². The summed E-state index contributed by atoms with van der Waals surface area (Å²) in [6.45, 7) is 0.379. The van der Waals surface area contributed by atoms with Gasteiger partial charge in [-0.3, -0.25) is 10.1 Å². The predicted molar refractivity (Wildman–Crippen MR) is 63.9 cm³/mol. The van der Waals surface area contributed by atoms with E-state index in [4.69, 9.17) is 0 Å². The van der Waals surface area contributed by atoms with Crippen LogP contribution in [0.15, 0.2) is 18.2 Å². The number of nitro benzene ring substituents is 1. The Morgan fingerprint density at radius 2 is 1.89 bits per heavy atom. The highest BCUT2D eigenvalue weighted by Crippen LogP contribution is 2.29. The van der Waals surface area contributed by atoms with Crippen LogP contribution in [-0.4, -0.2) is 37.9 Å². The maximum Gasteiger partial charge on any atom is 0.295 e. The second-order valence-corrected chi connectivity index (χ2v) is 6.33. The molecule has 0 unspecified atom stereocenters. The van der Waals surface area contributed by atoms with Crippen molar-refractivity contribution >= 4 is 21.2 Å². The Labute approximate surface area is 103 Å². The summed E-state index contributed by atoms with van der Waals surface area (Å²) in [5.41, 5.74) is -0.0782. The van der Waals surface area contributed by atoms with Gasteiger partial charge in [-0.1, -0.05) is 0 Å². The first kappa shape index (κ1) is 12.7. The third kappa shape index (κ3) is 2.58. The highest BCUT2D eigenvalue weighted by atomic mass is 32.2. The largest absolute Gasteiger partial charge is 0.364 e. The summed E-state index contributed by atoms with van der Waals surface area (Å²) in [5.74, 6) is -0.765. The highest BCUT2D eigenvalue weighted by Gasteiger charge is 2.26. The molecule has 8 heteroatoms. The molecule has 1 aromatic rings. The minimum Gasteiger partial charge on any atom is -0.364 e. The molecule has 1 fully saturated rings. The van der Waals surface area contributed by atoms with Crippen LogP contribution in [0.4, 0.5) is 15.8 Å². The zero-order valence-corrected chi connectivity index (χ0v) is 10.2. The van der Waals surface area contributed by atoms with Gasteiger partial charge in [0, 0.05) is 13.1 Å². The molecule has 0 aromatic heterocycles. The van der Waals surface area contributed by atoms with Gasteiger partial charge in [0.15, 0.2) is 9.84 Å². The van der Waals surface area contributed by atoms with Crippen molar-refractivity contribution < 1.29 is 17.7 Å². The van der Waals surface area contributed by atoms with Gasteiger partial charge in [-0.15, -0.1) is 0 Å². The highest BCUT2D eigenvalue weighted by molar-refractivity contribution is 7.91. The van der Waals surface area contributed by atoms with Gasteiger partial charge in [0.25, 0.3) is 5.69 Å². The Bertz CT molecular complexity index is 574. The number of hydrogen-bond acceptors (Lipinski definition) is 5. The number of sulfone groups is 1. The van der Waals surface area contributed by atoms with E-state index in [0.717, 1.165) is 12.1 Å². The number of nitrogens with zero attached hydrogens (tertiary/aromatic N) is 2. The van der Waals surface area contributed by atoms with Crippen LogP contribution in [-0.2, 0) is 9.84 Å². The third-order valence-corrected chi connectivity index (χ3v) is 4.43. The lowest BCUT2D eigenvalue weighted by Crippen LogP contribution is -2.40. The molecule has 1 heterocycles. The number of nitro groups is 1. The SMILES string of the molecule is O=[N+]([O-])c1cc(F)ccc1N1CCS(=O)(=O)CC1. The minimum absolute atomic E-state index is 0.0401. The Balaban J connectivity index is 2.32. The van der Waals surface area contributed by atoms with Crippen molar-refractivity contribution in [2.45, 2.75) is 0 Å². The van der Waals surface area contributed by atoms with E-state index < -0.39 is 20.6 Å². The molecule has 0 aliphatic carbocycles. The molecule has 1 saturated heterocycles. The maximum absolute atomic E-state index is 13.0. The Kier molecular flexibility index (Phi) is 3.20. The van der Waals surface area contributed by atoms with Crippen LogP contribution < -0.4 is 4.90 Å². The molecule has 0 N–H and O–H groups in total. The molecule has 0 atom stereocenters. The molecule has 0 amide bonds. The fourth-order valence-electron chi connectivity index (χ4n) is 1.86. The van der Waals surface area contributed by atoms with Gasteiger partial charge in [-0.2, -0.15) is 0 Å². The summed E-state index contributed by atoms with van der Waals surface area (Å²) in [7, 11) is -3.05. The van der Waals surface area contributed by atoms with Crippen LogP contribution in [0.5, 0.6) is 0 Å². The first-order valence-electron chi connectivity index (χ1n) is 5.28. The van der Waals surface area contributed by atoms with E-state index in [1.807, 2.05) is 0 Å². The summed E-state index contributed by atoms with van der Waals surface area (Å²) >= 11 is 0. The molecule has 18 heavy (non-hydrogen) atoms. The number of hydrogen-bond donors (Lipinski definition) is 0. The van der Waals surface area contributed by atoms with Gasteiger partial charge in [-0.25, -0.2) is 12.8 Å². The monoisotopic (exact) mass is 274 g/mol. The van der Waals surface area contributed by atoms with Crippen LogP contribution in [0.2, 0.25) is 0 Å². The lowest BCUT2D eigenvalue weighted by Gasteiger charge is -2.28. The second kappa shape index (κ2) is 4.52. The smallest absolute Gasteiger partial charge is 0.295 e. The molecule has 1 aliphatic heterocycles. The molecule has 0 saturated carbocycles. The number of rotatable bonds is 2. The quantitative estimate of drug-likeness (QED) is 0.593. The van der Waals surface area contributed by atoms with Crippen molar-refractivity contribution in [2.24, 2.45) is 0 Å². The van der Waals surface area contributed by atoms with Crippen LogP contribution in [0, 0.1) is 15.9 Å². The molecule has 0 bridgehead atoms. The Morgan fingerprint density at radius 1 is 1.28 bits per heavy atom. The van der Waals surface area contributed by atoms with Crippen molar-refractivity contribution in [1.82, 2.24) is 0 Å². The van der Waals surface area contributed by atoms with E-state index in [1.165, 1.54) is 6.07 Å². The number of anilines is 1. The van der Waals surface area contributed by atoms with Gasteiger partial charge in [-0.05, 0) is 12.1 Å². The Morgan fingerprint density at radius 3 is 2.44 bits per heavy atom. The first-order valence-corrected chi connectivity index (χ1v) is 7.10. The van der Waals surface area contributed by atoms with Gasteiger partial charge in [0.1, 0.15) is 11.5 Å². The van der Waals surface area contributed by atoms with Gasteiger partial charge >= 0.3 is 0 Å². The zero-order chi connectivity index (χ0) is 13.3. The van der Waals surface area contributed by atoms with Gasteiger partial charge in [0.2, 0.25) is 0 Å². The molecular weight excluding hydrogens is 263 g/mol. The summed E-state index contributed by atoms with van der Waals surface area (Å²) in [5, 5.41) is 10.8. The fourth-order valence-corrected chi connectivity index (χ4v) is 3.06. The summed E-state index contributed by atoms with van der Waals surface area (Å²) in [4.78, 5) is 11.8. The van der Waals surface area contributed by atoms with Crippen LogP contribution in [0.3, 0.4) is 0 Å². The molecule has 1 aromatic carbocycles. The van der Waals surface area contributed by atoms with E-state index in [0.29, 0.717) is 0 Å². The van der Waals surface area contributed by atoms with Gasteiger partial charge in [0.05, 0.1) is 22.5 Å². The molecule has 1 aliphatic rings. The third-order valence-electron chi connectivity index (χ3n) is 2.82. The number of halogens is 1. The topological polar surface area (TPSA) is 80.5 Å². The van der Waals surface area contributed by atoms with Crippen LogP contribution >= 0.6 is 0 Å². The van der Waals surface area contributed by atoms with Crippen molar-refractivity contribution in [3.8, 4) is 0 Å². The summed E-state index contributed by atoms with van der Waals surface area (Å²) in [6.07, 6.45) is 0. The van der Waals surface area contributed by atoms with E-state index >= 15 is 0 Å². The fraction of sp³-hybridized carbons (Fsp3) is 0.400. The van der Waals surface area contributed by atoms with Crippen molar-refractivity contribution in [1.29, 1.82) is 0 Å². The van der Waals surface area contributed by atoms with E-state index in [2.05, 4.69) is 0 Å². The zero-order valence-electron chi connectivity index (χ0n) is 9.37. The lowest BCUT2D eigenvalue weighted by molar-refractivity contribution is -0.384. The first-order chi connectivity index (χ1) is 8.39. The van der Waals surface area contributed by atoms with Crippen LogP contribution in [0.25, 0.3) is 0 Å². The van der Waals surface area contributed by atoms with E-state index in [-0.39, 0.29) is 36.0 Å². The van der Waals surface area contributed by atoms with E-state index in [1.54, 1.807) is 4.90 Å². The summed E-state index contributed by atoms with van der Waals surface area (Å²) < 4.78 is 35.5. The van der Waals surface area contributed by atoms with E-state index in [9.17, 15) is 22.9 Å². The average Bonchev–Trinajstić information content (AvgIpc) is 2.29. The molecule has 0 spiro atoms. The molecule has 0 radical (unpaired) electrons. The van der Waals surface area contributed by atoms with Gasteiger partial charge < -0.3 is 4.90 Å². The van der Waals surface area contributed by atoms with Crippen LogP contribution in [0.1, 0.15) is 0 Å². The van der Waals surface area contributed by atoms with Crippen molar-refractivity contribution in [3.63, 3.8) is 0 Å².